The number of aromatic nitrogens is 1. The number of carbonyl (C=O) groups excluding carboxylic acids is 1. The highest BCUT2D eigenvalue weighted by molar-refractivity contribution is 6.06. The molecule has 1 aliphatic rings. The summed E-state index contributed by atoms with van der Waals surface area (Å²) in [6.07, 6.45) is 10.7. The molecular weight excluding hydrogens is 296 g/mol. The number of allylic oxidation sites excluding steroid dienone is 3. The fourth-order valence-electron chi connectivity index (χ4n) is 3.58. The second-order valence-electron chi connectivity index (χ2n) is 7.16. The maximum Gasteiger partial charge on any atom is 0.248 e. The molecule has 124 valence electrons. The van der Waals surface area contributed by atoms with Crippen LogP contribution in [0.2, 0.25) is 0 Å². The number of pyridine rings is 1. The van der Waals surface area contributed by atoms with Gasteiger partial charge in [-0.3, -0.25) is 9.78 Å². The first-order valence-corrected chi connectivity index (χ1v) is 8.49. The van der Waals surface area contributed by atoms with E-state index in [1.807, 2.05) is 30.3 Å². The lowest BCUT2D eigenvalue weighted by Gasteiger charge is -2.32. The highest BCUT2D eigenvalue weighted by Crippen LogP contribution is 2.40. The first kappa shape index (κ1) is 16.4. The van der Waals surface area contributed by atoms with Crippen molar-refractivity contribution in [3.63, 3.8) is 0 Å². The molecule has 3 nitrogen and oxygen atoms in total. The summed E-state index contributed by atoms with van der Waals surface area (Å²) in [7, 11) is 0. The second-order valence-corrected chi connectivity index (χ2v) is 7.16. The normalized spacial score (nSPS) is 17.5. The molecule has 1 heterocycles. The average Bonchev–Trinajstić information content (AvgIpc) is 2.54. The van der Waals surface area contributed by atoms with Crippen LogP contribution >= 0.6 is 0 Å². The fourth-order valence-corrected chi connectivity index (χ4v) is 3.58. The molecule has 0 unspecified atom stereocenters. The number of hydrogen-bond acceptors (Lipinski definition) is 2. The Morgan fingerprint density at radius 1 is 1.29 bits per heavy atom. The van der Waals surface area contributed by atoms with Gasteiger partial charge < -0.3 is 5.32 Å². The third-order valence-corrected chi connectivity index (χ3v) is 4.88. The number of rotatable bonds is 3. The third kappa shape index (κ3) is 3.40. The number of benzene rings is 1. The molecule has 1 amide bonds. The number of hydrogen-bond donors (Lipinski definition) is 1. The van der Waals surface area contributed by atoms with E-state index in [0.717, 1.165) is 22.9 Å². The number of amides is 1. The predicted molar refractivity (Wildman–Crippen MR) is 99.8 cm³/mol. The SMILES string of the molecule is CC1=C(C=CC(=O)Nc2cccc3cnccc23)C(C)(C)CCC1. The molecule has 1 aliphatic carbocycles. The zero-order chi connectivity index (χ0) is 17.2. The van der Waals surface area contributed by atoms with Crippen molar-refractivity contribution < 1.29 is 4.79 Å². The minimum absolute atomic E-state index is 0.0963. The van der Waals surface area contributed by atoms with Crippen LogP contribution in [0.25, 0.3) is 10.8 Å². The van der Waals surface area contributed by atoms with E-state index in [-0.39, 0.29) is 11.3 Å². The van der Waals surface area contributed by atoms with Crippen molar-refractivity contribution >= 4 is 22.4 Å². The van der Waals surface area contributed by atoms with Gasteiger partial charge in [-0.1, -0.05) is 37.6 Å². The Morgan fingerprint density at radius 3 is 2.92 bits per heavy atom. The third-order valence-electron chi connectivity index (χ3n) is 4.88. The highest BCUT2D eigenvalue weighted by Gasteiger charge is 2.26. The first-order valence-electron chi connectivity index (χ1n) is 8.49. The van der Waals surface area contributed by atoms with E-state index in [1.165, 1.54) is 24.0 Å². The van der Waals surface area contributed by atoms with E-state index in [0.29, 0.717) is 0 Å². The van der Waals surface area contributed by atoms with Crippen LogP contribution in [-0.2, 0) is 4.79 Å². The van der Waals surface area contributed by atoms with E-state index >= 15 is 0 Å². The first-order chi connectivity index (χ1) is 11.5. The fraction of sp³-hybridized carbons (Fsp3) is 0.333. The Hall–Kier alpha value is -2.42. The van der Waals surface area contributed by atoms with E-state index in [1.54, 1.807) is 18.5 Å². The van der Waals surface area contributed by atoms with Crippen LogP contribution in [0, 0.1) is 5.41 Å². The van der Waals surface area contributed by atoms with Gasteiger partial charge in [0.15, 0.2) is 0 Å². The van der Waals surface area contributed by atoms with Gasteiger partial charge in [-0.05, 0) is 49.3 Å². The lowest BCUT2D eigenvalue weighted by Crippen LogP contribution is -2.19. The molecule has 0 fully saturated rings. The summed E-state index contributed by atoms with van der Waals surface area (Å²) in [5, 5.41) is 5.01. The molecule has 0 radical (unpaired) electrons. The number of fused-ring (bicyclic) bond motifs is 1. The molecular formula is C21H24N2O. The maximum absolute atomic E-state index is 12.4. The molecule has 2 aromatic rings. The largest absolute Gasteiger partial charge is 0.322 e. The molecule has 3 heteroatoms. The minimum Gasteiger partial charge on any atom is -0.322 e. The van der Waals surface area contributed by atoms with Crippen molar-refractivity contribution in [3.05, 3.63) is 60.0 Å². The zero-order valence-corrected chi connectivity index (χ0v) is 14.6. The smallest absolute Gasteiger partial charge is 0.248 e. The number of nitrogens with one attached hydrogen (secondary N) is 1. The van der Waals surface area contributed by atoms with Gasteiger partial charge in [0, 0.05) is 34.9 Å². The summed E-state index contributed by atoms with van der Waals surface area (Å²) < 4.78 is 0. The molecule has 0 spiro atoms. The second kappa shape index (κ2) is 6.60. The summed E-state index contributed by atoms with van der Waals surface area (Å²) in [6.45, 7) is 6.69. The molecule has 24 heavy (non-hydrogen) atoms. The summed E-state index contributed by atoms with van der Waals surface area (Å²) >= 11 is 0. The van der Waals surface area contributed by atoms with E-state index in [4.69, 9.17) is 0 Å². The standard InChI is InChI=1S/C21H24N2O/c1-15-6-5-12-21(2,3)18(15)9-10-20(24)23-19-8-4-7-16-14-22-13-11-17(16)19/h4,7-11,13-14H,5-6,12H2,1-3H3,(H,23,24). The van der Waals surface area contributed by atoms with Crippen molar-refractivity contribution in [2.75, 3.05) is 5.32 Å². The Bertz CT molecular complexity index is 825. The molecule has 0 aliphatic heterocycles. The van der Waals surface area contributed by atoms with Crippen molar-refractivity contribution in [1.82, 2.24) is 4.98 Å². The molecule has 0 bridgehead atoms. The molecule has 0 saturated heterocycles. The number of anilines is 1. The minimum atomic E-state index is -0.0963. The van der Waals surface area contributed by atoms with Gasteiger partial charge in [0.1, 0.15) is 0 Å². The zero-order valence-electron chi connectivity index (χ0n) is 14.6. The van der Waals surface area contributed by atoms with Crippen LogP contribution in [-0.4, -0.2) is 10.9 Å². The quantitative estimate of drug-likeness (QED) is 0.784. The average molecular weight is 320 g/mol. The lowest BCUT2D eigenvalue weighted by molar-refractivity contribution is -0.111. The van der Waals surface area contributed by atoms with Gasteiger partial charge in [-0.25, -0.2) is 0 Å². The van der Waals surface area contributed by atoms with E-state index < -0.39 is 0 Å². The topological polar surface area (TPSA) is 42.0 Å². The molecule has 0 atom stereocenters. The van der Waals surface area contributed by atoms with Crippen molar-refractivity contribution in [2.24, 2.45) is 5.41 Å². The van der Waals surface area contributed by atoms with Gasteiger partial charge in [-0.2, -0.15) is 0 Å². The summed E-state index contributed by atoms with van der Waals surface area (Å²) in [5.74, 6) is -0.0963. The van der Waals surface area contributed by atoms with E-state index in [9.17, 15) is 4.79 Å². The monoisotopic (exact) mass is 320 g/mol. The molecule has 1 aromatic carbocycles. The van der Waals surface area contributed by atoms with Gasteiger partial charge in [0.25, 0.3) is 0 Å². The lowest BCUT2D eigenvalue weighted by atomic mass is 9.72. The summed E-state index contributed by atoms with van der Waals surface area (Å²) in [4.78, 5) is 16.5. The van der Waals surface area contributed by atoms with Gasteiger partial charge >= 0.3 is 0 Å². The van der Waals surface area contributed by atoms with E-state index in [2.05, 4.69) is 31.1 Å². The predicted octanol–water partition coefficient (Wildman–Crippen LogP) is 5.26. The molecule has 0 saturated carbocycles. The molecule has 1 N–H and O–H groups in total. The van der Waals surface area contributed by atoms with Gasteiger partial charge in [0.05, 0.1) is 0 Å². The van der Waals surface area contributed by atoms with Crippen LogP contribution in [0.4, 0.5) is 5.69 Å². The van der Waals surface area contributed by atoms with Crippen LogP contribution in [0.15, 0.2) is 60.0 Å². The highest BCUT2D eigenvalue weighted by atomic mass is 16.1. The molecule has 3 rings (SSSR count). The number of nitrogens with zero attached hydrogens (tertiary/aromatic N) is 1. The Labute approximate surface area is 143 Å². The Kier molecular flexibility index (Phi) is 4.52. The van der Waals surface area contributed by atoms with Gasteiger partial charge in [0.2, 0.25) is 5.91 Å². The van der Waals surface area contributed by atoms with Crippen LogP contribution in [0.3, 0.4) is 0 Å². The summed E-state index contributed by atoms with van der Waals surface area (Å²) in [5.41, 5.74) is 3.65. The number of carbonyl (C=O) groups is 1. The van der Waals surface area contributed by atoms with Crippen molar-refractivity contribution in [2.45, 2.75) is 40.0 Å². The Balaban J connectivity index is 1.80. The maximum atomic E-state index is 12.4. The molecule has 1 aromatic heterocycles. The van der Waals surface area contributed by atoms with Crippen molar-refractivity contribution in [1.29, 1.82) is 0 Å². The Morgan fingerprint density at radius 2 is 2.12 bits per heavy atom. The van der Waals surface area contributed by atoms with Crippen LogP contribution in [0.5, 0.6) is 0 Å². The van der Waals surface area contributed by atoms with Gasteiger partial charge in [-0.15, -0.1) is 0 Å². The van der Waals surface area contributed by atoms with Crippen LogP contribution in [0.1, 0.15) is 40.0 Å². The van der Waals surface area contributed by atoms with Crippen molar-refractivity contribution in [3.8, 4) is 0 Å². The van der Waals surface area contributed by atoms with Crippen LogP contribution < -0.4 is 5.32 Å². The summed E-state index contributed by atoms with van der Waals surface area (Å²) in [6, 6.07) is 7.77.